The van der Waals surface area contributed by atoms with E-state index in [1.165, 1.54) is 0 Å². The Balaban J connectivity index is 1.68. The number of rotatable bonds is 6. The fourth-order valence-corrected chi connectivity index (χ4v) is 2.29. The van der Waals surface area contributed by atoms with Crippen LogP contribution >= 0.6 is 0 Å². The number of carbonyl (C=O) groups excluding carboxylic acids is 1. The minimum Gasteiger partial charge on any atom is -0.480 e. The van der Waals surface area contributed by atoms with Crippen molar-refractivity contribution in [3.05, 3.63) is 17.5 Å². The van der Waals surface area contributed by atoms with Crippen molar-refractivity contribution < 1.29 is 14.7 Å². The summed E-state index contributed by atoms with van der Waals surface area (Å²) in [6.45, 7) is 2.46. The summed E-state index contributed by atoms with van der Waals surface area (Å²) in [5.41, 5.74) is 1.12. The van der Waals surface area contributed by atoms with Crippen LogP contribution < -0.4 is 10.6 Å². The number of H-pyrrole nitrogens is 1. The zero-order chi connectivity index (χ0) is 14.6. The lowest BCUT2D eigenvalue weighted by atomic mass is 9.77. The van der Waals surface area contributed by atoms with E-state index in [0.717, 1.165) is 30.5 Å². The lowest BCUT2D eigenvalue weighted by molar-refractivity contribution is -0.148. The van der Waals surface area contributed by atoms with Crippen LogP contribution in [0.5, 0.6) is 0 Å². The Kier molecular flexibility index (Phi) is 4.26. The maximum atomic E-state index is 11.7. The third-order valence-electron chi connectivity index (χ3n) is 3.81. The molecule has 0 aromatic carbocycles. The summed E-state index contributed by atoms with van der Waals surface area (Å²) in [5.74, 6) is -0.951. The van der Waals surface area contributed by atoms with Gasteiger partial charge in [0.05, 0.1) is 6.20 Å². The number of aromatic amines is 1. The number of hydrogen-bond acceptors (Lipinski definition) is 3. The zero-order valence-electron chi connectivity index (χ0n) is 11.5. The number of carboxylic acid groups (broad SMARTS) is 1. The van der Waals surface area contributed by atoms with Gasteiger partial charge in [-0.2, -0.15) is 5.10 Å². The Labute approximate surface area is 117 Å². The number of aryl methyl sites for hydroxylation is 2. The molecule has 1 aromatic heterocycles. The van der Waals surface area contributed by atoms with Crippen LogP contribution in [0, 0.1) is 6.92 Å². The quantitative estimate of drug-likeness (QED) is 0.582. The van der Waals surface area contributed by atoms with E-state index in [2.05, 4.69) is 20.8 Å². The van der Waals surface area contributed by atoms with E-state index in [9.17, 15) is 9.59 Å². The van der Waals surface area contributed by atoms with Crippen molar-refractivity contribution >= 4 is 12.0 Å². The van der Waals surface area contributed by atoms with Gasteiger partial charge < -0.3 is 15.7 Å². The van der Waals surface area contributed by atoms with Gasteiger partial charge in [-0.1, -0.05) is 0 Å². The van der Waals surface area contributed by atoms with Crippen molar-refractivity contribution in [2.75, 3.05) is 6.54 Å². The first-order valence-electron chi connectivity index (χ1n) is 6.82. The Morgan fingerprint density at radius 2 is 2.25 bits per heavy atom. The lowest BCUT2D eigenvalue weighted by Crippen LogP contribution is -2.61. The van der Waals surface area contributed by atoms with Crippen molar-refractivity contribution in [3.8, 4) is 0 Å². The van der Waals surface area contributed by atoms with Crippen LogP contribution in [0.4, 0.5) is 4.79 Å². The molecule has 0 atom stereocenters. The molecule has 1 aromatic rings. The van der Waals surface area contributed by atoms with Crippen molar-refractivity contribution in [1.29, 1.82) is 0 Å². The molecule has 0 bridgehead atoms. The minimum atomic E-state index is -1.05. The fourth-order valence-electron chi connectivity index (χ4n) is 2.29. The summed E-state index contributed by atoms with van der Waals surface area (Å²) in [7, 11) is 0. The molecule has 0 aliphatic heterocycles. The number of amides is 2. The highest BCUT2D eigenvalue weighted by Gasteiger charge is 2.45. The fraction of sp³-hybridized carbons (Fsp3) is 0.615. The molecule has 1 heterocycles. The van der Waals surface area contributed by atoms with Crippen LogP contribution in [0.15, 0.2) is 6.20 Å². The van der Waals surface area contributed by atoms with Gasteiger partial charge in [-0.3, -0.25) is 5.10 Å². The minimum absolute atomic E-state index is 0.406. The molecule has 2 amide bonds. The van der Waals surface area contributed by atoms with E-state index in [1.54, 1.807) is 6.20 Å². The molecular formula is C13H20N4O3. The van der Waals surface area contributed by atoms with E-state index in [-0.39, 0.29) is 0 Å². The van der Waals surface area contributed by atoms with E-state index in [1.807, 2.05) is 6.92 Å². The molecule has 2 rings (SSSR count). The molecule has 20 heavy (non-hydrogen) atoms. The van der Waals surface area contributed by atoms with E-state index in [4.69, 9.17) is 5.11 Å². The normalized spacial score (nSPS) is 16.2. The van der Waals surface area contributed by atoms with Crippen molar-refractivity contribution in [3.63, 3.8) is 0 Å². The number of aliphatic carboxylic acids is 1. The number of carboxylic acids is 1. The van der Waals surface area contributed by atoms with Gasteiger partial charge in [-0.15, -0.1) is 0 Å². The van der Waals surface area contributed by atoms with Gasteiger partial charge >= 0.3 is 12.0 Å². The first kappa shape index (κ1) is 14.4. The topological polar surface area (TPSA) is 107 Å². The Bertz CT molecular complexity index is 494. The molecule has 0 unspecified atom stereocenters. The third kappa shape index (κ3) is 3.09. The van der Waals surface area contributed by atoms with Gasteiger partial charge in [0.2, 0.25) is 0 Å². The standard InChI is InChI=1S/C13H20N4O3/c1-9-10(8-15-17-9)4-2-7-14-12(20)16-13(11(18)19)5-3-6-13/h8H,2-7H2,1H3,(H,15,17)(H,18,19)(H2,14,16,20). The molecule has 110 valence electrons. The van der Waals surface area contributed by atoms with Gasteiger partial charge in [0.1, 0.15) is 5.54 Å². The number of urea groups is 1. The van der Waals surface area contributed by atoms with Gasteiger partial charge in [0.25, 0.3) is 0 Å². The first-order valence-corrected chi connectivity index (χ1v) is 6.82. The predicted molar refractivity (Wildman–Crippen MR) is 72.4 cm³/mol. The van der Waals surface area contributed by atoms with Gasteiger partial charge in [-0.25, -0.2) is 9.59 Å². The number of nitrogens with one attached hydrogen (secondary N) is 3. The van der Waals surface area contributed by atoms with Gasteiger partial charge in [0, 0.05) is 12.2 Å². The zero-order valence-corrected chi connectivity index (χ0v) is 11.5. The number of hydrogen-bond donors (Lipinski definition) is 4. The van der Waals surface area contributed by atoms with Crippen molar-refractivity contribution in [1.82, 2.24) is 20.8 Å². The Morgan fingerprint density at radius 1 is 1.50 bits per heavy atom. The summed E-state index contributed by atoms with van der Waals surface area (Å²) < 4.78 is 0. The molecule has 7 heteroatoms. The second kappa shape index (κ2) is 5.94. The summed E-state index contributed by atoms with van der Waals surface area (Å²) >= 11 is 0. The monoisotopic (exact) mass is 280 g/mol. The number of aromatic nitrogens is 2. The van der Waals surface area contributed by atoms with E-state index in [0.29, 0.717) is 19.4 Å². The average molecular weight is 280 g/mol. The largest absolute Gasteiger partial charge is 0.480 e. The molecule has 1 aliphatic carbocycles. The average Bonchev–Trinajstić information content (AvgIpc) is 2.75. The van der Waals surface area contributed by atoms with Crippen LogP contribution in [-0.2, 0) is 11.2 Å². The lowest BCUT2D eigenvalue weighted by Gasteiger charge is -2.38. The number of carbonyl (C=O) groups is 2. The highest BCUT2D eigenvalue weighted by atomic mass is 16.4. The molecule has 0 radical (unpaired) electrons. The summed E-state index contributed by atoms with van der Waals surface area (Å²) in [4.78, 5) is 22.8. The Morgan fingerprint density at radius 3 is 2.75 bits per heavy atom. The molecule has 7 nitrogen and oxygen atoms in total. The SMILES string of the molecule is Cc1[nH]ncc1CCCNC(=O)NC1(C(=O)O)CCC1. The Hall–Kier alpha value is -2.05. The molecule has 1 saturated carbocycles. The maximum Gasteiger partial charge on any atom is 0.329 e. The molecular weight excluding hydrogens is 260 g/mol. The van der Waals surface area contributed by atoms with Gasteiger partial charge in [0.15, 0.2) is 0 Å². The molecule has 0 spiro atoms. The third-order valence-corrected chi connectivity index (χ3v) is 3.81. The smallest absolute Gasteiger partial charge is 0.329 e. The second-order valence-electron chi connectivity index (χ2n) is 5.25. The summed E-state index contributed by atoms with van der Waals surface area (Å²) in [6.07, 6.45) is 5.24. The first-order chi connectivity index (χ1) is 9.53. The highest BCUT2D eigenvalue weighted by Crippen LogP contribution is 2.31. The van der Waals surface area contributed by atoms with Crippen LogP contribution in [0.2, 0.25) is 0 Å². The number of nitrogens with zero attached hydrogens (tertiary/aromatic N) is 1. The van der Waals surface area contributed by atoms with Crippen molar-refractivity contribution in [2.45, 2.75) is 44.6 Å². The molecule has 1 fully saturated rings. The predicted octanol–water partition coefficient (Wildman–Crippen LogP) is 0.957. The second-order valence-corrected chi connectivity index (χ2v) is 5.25. The maximum absolute atomic E-state index is 11.7. The summed E-state index contributed by atoms with van der Waals surface area (Å²) in [5, 5.41) is 21.2. The van der Waals surface area contributed by atoms with Crippen LogP contribution in [0.3, 0.4) is 0 Å². The molecule has 0 saturated heterocycles. The van der Waals surface area contributed by atoms with Gasteiger partial charge in [-0.05, 0) is 44.6 Å². The van der Waals surface area contributed by atoms with Crippen LogP contribution in [-0.4, -0.2) is 39.4 Å². The van der Waals surface area contributed by atoms with Crippen molar-refractivity contribution in [2.24, 2.45) is 0 Å². The van der Waals surface area contributed by atoms with Crippen LogP contribution in [0.1, 0.15) is 36.9 Å². The highest BCUT2D eigenvalue weighted by molar-refractivity contribution is 5.87. The van der Waals surface area contributed by atoms with Crippen LogP contribution in [0.25, 0.3) is 0 Å². The van der Waals surface area contributed by atoms with E-state index >= 15 is 0 Å². The molecule has 4 N–H and O–H groups in total. The molecule has 1 aliphatic rings. The van der Waals surface area contributed by atoms with E-state index < -0.39 is 17.5 Å². The summed E-state index contributed by atoms with van der Waals surface area (Å²) in [6, 6.07) is -0.406.